The Morgan fingerprint density at radius 3 is 2.75 bits per heavy atom. The second kappa shape index (κ2) is 6.40. The van der Waals surface area contributed by atoms with Crippen molar-refractivity contribution in [1.82, 2.24) is 0 Å². The van der Waals surface area contributed by atoms with Gasteiger partial charge < -0.3 is 4.74 Å². The molecule has 3 nitrogen and oxygen atoms in total. The number of ether oxygens (including phenoxy) is 1. The normalized spacial score (nSPS) is 30.4. The zero-order valence-electron chi connectivity index (χ0n) is 10.2. The summed E-state index contributed by atoms with van der Waals surface area (Å²) >= 11 is 1.38. The van der Waals surface area contributed by atoms with E-state index in [1.807, 2.05) is 6.92 Å². The minimum absolute atomic E-state index is 0.112. The van der Waals surface area contributed by atoms with Gasteiger partial charge in [0.15, 0.2) is 5.12 Å². The van der Waals surface area contributed by atoms with Crippen LogP contribution in [-0.2, 0) is 14.3 Å². The second-order valence-corrected chi connectivity index (χ2v) is 5.49. The van der Waals surface area contributed by atoms with E-state index in [9.17, 15) is 9.59 Å². The van der Waals surface area contributed by atoms with Gasteiger partial charge in [0.25, 0.3) is 0 Å². The van der Waals surface area contributed by atoms with Crippen LogP contribution >= 0.6 is 11.8 Å². The van der Waals surface area contributed by atoms with E-state index in [1.54, 1.807) is 7.11 Å². The average Bonchev–Trinajstić information content (AvgIpc) is 2.24. The summed E-state index contributed by atoms with van der Waals surface area (Å²) in [6.45, 7) is 4.03. The van der Waals surface area contributed by atoms with Crippen molar-refractivity contribution in [1.29, 1.82) is 0 Å². The van der Waals surface area contributed by atoms with Crippen LogP contribution in [0, 0.1) is 11.8 Å². The van der Waals surface area contributed by atoms with Crippen LogP contribution in [0.2, 0.25) is 0 Å². The molecule has 1 aliphatic carbocycles. The van der Waals surface area contributed by atoms with Crippen LogP contribution in [0.5, 0.6) is 0 Å². The van der Waals surface area contributed by atoms with Crippen molar-refractivity contribution >= 4 is 22.7 Å². The van der Waals surface area contributed by atoms with Crippen LogP contribution in [0.15, 0.2) is 0 Å². The minimum atomic E-state index is -0.215. The first-order valence-corrected chi connectivity index (χ1v) is 6.79. The van der Waals surface area contributed by atoms with Gasteiger partial charge in [0.05, 0.1) is 12.0 Å². The molecule has 4 heteroatoms. The van der Waals surface area contributed by atoms with Crippen LogP contribution in [-0.4, -0.2) is 29.9 Å². The summed E-state index contributed by atoms with van der Waals surface area (Å²) in [5.41, 5.74) is 0. The van der Waals surface area contributed by atoms with Crippen LogP contribution in [0.3, 0.4) is 0 Å². The van der Waals surface area contributed by atoms with Crippen molar-refractivity contribution in [3.8, 4) is 0 Å². The Hall–Kier alpha value is -0.350. The number of hydrogen-bond acceptors (Lipinski definition) is 4. The van der Waals surface area contributed by atoms with Crippen LogP contribution in [0.1, 0.15) is 33.1 Å². The highest BCUT2D eigenvalue weighted by atomic mass is 32.2. The Morgan fingerprint density at radius 1 is 1.50 bits per heavy atom. The highest BCUT2D eigenvalue weighted by Crippen LogP contribution is 2.33. The van der Waals surface area contributed by atoms with Gasteiger partial charge in [-0.25, -0.2) is 0 Å². The van der Waals surface area contributed by atoms with Gasteiger partial charge in [-0.3, -0.25) is 9.59 Å². The molecule has 0 aromatic rings. The van der Waals surface area contributed by atoms with Crippen molar-refractivity contribution in [2.75, 3.05) is 12.9 Å². The molecule has 92 valence electrons. The summed E-state index contributed by atoms with van der Waals surface area (Å²) in [6.07, 6.45) is 1.69. The monoisotopic (exact) mass is 244 g/mol. The Balaban J connectivity index is 2.66. The van der Waals surface area contributed by atoms with E-state index in [0.29, 0.717) is 12.8 Å². The summed E-state index contributed by atoms with van der Waals surface area (Å²) in [6, 6.07) is 0. The topological polar surface area (TPSA) is 43.4 Å². The molecule has 0 N–H and O–H groups in total. The van der Waals surface area contributed by atoms with Crippen LogP contribution < -0.4 is 0 Å². The highest BCUT2D eigenvalue weighted by molar-refractivity contribution is 8.13. The standard InChI is InChI=1S/C12H20O3S/c1-4-5-16-12(14)11-8(2)6-9(13)7-10(11)15-3/h8,10-11H,4-7H2,1-3H3/t8-,10+,11+/m1/s1. The molecule has 0 aliphatic heterocycles. The number of carbonyl (C=O) groups is 2. The number of methoxy groups -OCH3 is 1. The molecule has 16 heavy (non-hydrogen) atoms. The summed E-state index contributed by atoms with van der Waals surface area (Å²) in [7, 11) is 1.58. The molecule has 1 saturated carbocycles. The maximum atomic E-state index is 12.0. The smallest absolute Gasteiger partial charge is 0.194 e. The zero-order chi connectivity index (χ0) is 12.1. The summed E-state index contributed by atoms with van der Waals surface area (Å²) in [5.74, 6) is 1.07. The summed E-state index contributed by atoms with van der Waals surface area (Å²) < 4.78 is 5.29. The molecule has 0 bridgehead atoms. The van der Waals surface area contributed by atoms with E-state index in [2.05, 4.69) is 6.92 Å². The predicted octanol–water partition coefficient (Wildman–Crippen LogP) is 2.29. The number of Topliss-reactive ketones (excluding diaryl/α,β-unsaturated/α-hetero) is 1. The van der Waals surface area contributed by atoms with Gasteiger partial charge in [-0.05, 0) is 12.3 Å². The van der Waals surface area contributed by atoms with Gasteiger partial charge in [0.2, 0.25) is 0 Å². The van der Waals surface area contributed by atoms with E-state index in [-0.39, 0.29) is 28.8 Å². The Morgan fingerprint density at radius 2 is 2.19 bits per heavy atom. The SMILES string of the molecule is CCCSC(=O)[C@H]1[C@H](C)CC(=O)C[C@@H]1OC. The Labute approximate surface area is 101 Å². The van der Waals surface area contributed by atoms with E-state index < -0.39 is 0 Å². The maximum absolute atomic E-state index is 12.0. The molecule has 0 unspecified atom stereocenters. The van der Waals surface area contributed by atoms with Crippen LogP contribution in [0.25, 0.3) is 0 Å². The lowest BCUT2D eigenvalue weighted by molar-refractivity contribution is -0.133. The molecule has 1 rings (SSSR count). The number of thioether (sulfide) groups is 1. The third-order valence-electron chi connectivity index (χ3n) is 3.02. The van der Waals surface area contributed by atoms with E-state index in [1.165, 1.54) is 11.8 Å². The highest BCUT2D eigenvalue weighted by Gasteiger charge is 2.39. The fraction of sp³-hybridized carbons (Fsp3) is 0.833. The molecule has 0 aromatic carbocycles. The average molecular weight is 244 g/mol. The van der Waals surface area contributed by atoms with E-state index >= 15 is 0 Å². The summed E-state index contributed by atoms with van der Waals surface area (Å²) in [4.78, 5) is 23.4. The molecule has 1 aliphatic rings. The third-order valence-corrected chi connectivity index (χ3v) is 4.18. The number of ketones is 1. The van der Waals surface area contributed by atoms with Gasteiger partial charge in [0.1, 0.15) is 5.78 Å². The number of carbonyl (C=O) groups excluding carboxylic acids is 2. The fourth-order valence-corrected chi connectivity index (χ4v) is 3.18. The van der Waals surface area contributed by atoms with Crippen molar-refractivity contribution < 1.29 is 14.3 Å². The molecule has 0 heterocycles. The van der Waals surface area contributed by atoms with E-state index in [4.69, 9.17) is 4.74 Å². The predicted molar refractivity (Wildman–Crippen MR) is 65.4 cm³/mol. The lowest BCUT2D eigenvalue weighted by atomic mass is 9.78. The lowest BCUT2D eigenvalue weighted by Gasteiger charge is -2.33. The van der Waals surface area contributed by atoms with Gasteiger partial charge in [0, 0.05) is 25.7 Å². The van der Waals surface area contributed by atoms with Crippen molar-refractivity contribution in [2.45, 2.75) is 39.2 Å². The van der Waals surface area contributed by atoms with Crippen molar-refractivity contribution in [3.63, 3.8) is 0 Å². The van der Waals surface area contributed by atoms with E-state index in [0.717, 1.165) is 12.2 Å². The minimum Gasteiger partial charge on any atom is -0.380 e. The van der Waals surface area contributed by atoms with Gasteiger partial charge in [-0.2, -0.15) is 0 Å². The van der Waals surface area contributed by atoms with Crippen LogP contribution in [0.4, 0.5) is 0 Å². The zero-order valence-corrected chi connectivity index (χ0v) is 11.0. The molecule has 0 spiro atoms. The molecule has 0 saturated heterocycles. The first-order valence-electron chi connectivity index (χ1n) is 5.81. The fourth-order valence-electron chi connectivity index (χ4n) is 2.20. The van der Waals surface area contributed by atoms with Crippen molar-refractivity contribution in [3.05, 3.63) is 0 Å². The second-order valence-electron chi connectivity index (χ2n) is 4.39. The number of rotatable bonds is 4. The largest absolute Gasteiger partial charge is 0.380 e. The first kappa shape index (κ1) is 13.7. The number of hydrogen-bond donors (Lipinski definition) is 0. The molecular formula is C12H20O3S. The maximum Gasteiger partial charge on any atom is 0.194 e. The molecule has 0 aromatic heterocycles. The van der Waals surface area contributed by atoms with Crippen molar-refractivity contribution in [2.24, 2.45) is 11.8 Å². The lowest BCUT2D eigenvalue weighted by Crippen LogP contribution is -2.40. The van der Waals surface area contributed by atoms with Gasteiger partial charge in [-0.1, -0.05) is 25.6 Å². The molecule has 0 amide bonds. The quantitative estimate of drug-likeness (QED) is 0.761. The molecule has 1 fully saturated rings. The molecule has 3 atom stereocenters. The molecular weight excluding hydrogens is 224 g/mol. The van der Waals surface area contributed by atoms with Gasteiger partial charge >= 0.3 is 0 Å². The Bertz CT molecular complexity index is 265. The molecule has 0 radical (unpaired) electrons. The summed E-state index contributed by atoms with van der Waals surface area (Å²) in [5, 5.41) is 0.189. The Kier molecular flexibility index (Phi) is 5.49. The van der Waals surface area contributed by atoms with Gasteiger partial charge in [-0.15, -0.1) is 0 Å². The third kappa shape index (κ3) is 3.32. The first-order chi connectivity index (χ1) is 7.60.